The van der Waals surface area contributed by atoms with E-state index in [2.05, 4.69) is 15.4 Å². The average molecular weight is 479 g/mol. The molecule has 34 heavy (non-hydrogen) atoms. The van der Waals surface area contributed by atoms with Crippen LogP contribution >= 0.6 is 11.6 Å². The third kappa shape index (κ3) is 4.74. The Kier molecular flexibility index (Phi) is 6.18. The predicted molar refractivity (Wildman–Crippen MR) is 126 cm³/mol. The molecule has 174 valence electrons. The van der Waals surface area contributed by atoms with E-state index in [1.807, 2.05) is 48.8 Å². The summed E-state index contributed by atoms with van der Waals surface area (Å²) in [5, 5.41) is 7.47. The van der Waals surface area contributed by atoms with Crippen molar-refractivity contribution in [3.63, 3.8) is 0 Å². The molecule has 1 fully saturated rings. The summed E-state index contributed by atoms with van der Waals surface area (Å²) < 4.78 is 9.46. The molecule has 0 bridgehead atoms. The van der Waals surface area contributed by atoms with Gasteiger partial charge in [0.15, 0.2) is 0 Å². The molecule has 0 radical (unpaired) electrons. The van der Waals surface area contributed by atoms with E-state index in [4.69, 9.17) is 16.3 Å². The maximum Gasteiger partial charge on any atom is 0.271 e. The molecule has 4 heterocycles. The van der Waals surface area contributed by atoms with Crippen LogP contribution in [0.3, 0.4) is 0 Å². The van der Waals surface area contributed by atoms with E-state index in [1.165, 1.54) is 0 Å². The monoisotopic (exact) mass is 478 g/mol. The first-order chi connectivity index (χ1) is 16.6. The van der Waals surface area contributed by atoms with Crippen molar-refractivity contribution in [2.24, 2.45) is 0 Å². The molecule has 1 aromatic carbocycles. The van der Waals surface area contributed by atoms with Crippen LogP contribution in [0.25, 0.3) is 11.3 Å². The van der Waals surface area contributed by atoms with Gasteiger partial charge in [0.2, 0.25) is 5.91 Å². The zero-order valence-electron chi connectivity index (χ0n) is 18.3. The first kappa shape index (κ1) is 22.0. The van der Waals surface area contributed by atoms with E-state index in [0.717, 1.165) is 5.69 Å². The second-order valence-corrected chi connectivity index (χ2v) is 8.45. The van der Waals surface area contributed by atoms with Gasteiger partial charge >= 0.3 is 0 Å². The van der Waals surface area contributed by atoms with Crippen molar-refractivity contribution in [3.8, 4) is 11.4 Å². The van der Waals surface area contributed by atoms with Gasteiger partial charge in [0, 0.05) is 50.7 Å². The van der Waals surface area contributed by atoms with Crippen molar-refractivity contribution < 1.29 is 14.3 Å². The molecule has 9 nitrogen and oxygen atoms in total. The van der Waals surface area contributed by atoms with Crippen molar-refractivity contribution in [3.05, 3.63) is 78.0 Å². The number of carbonyl (C=O) groups is 2. The molecule has 0 atom stereocenters. The van der Waals surface area contributed by atoms with E-state index in [9.17, 15) is 9.59 Å². The van der Waals surface area contributed by atoms with Gasteiger partial charge in [-0.1, -0.05) is 23.7 Å². The molecule has 0 saturated carbocycles. The van der Waals surface area contributed by atoms with Crippen molar-refractivity contribution in [1.82, 2.24) is 29.4 Å². The van der Waals surface area contributed by atoms with Gasteiger partial charge in [-0.15, -0.1) is 0 Å². The van der Waals surface area contributed by atoms with Crippen molar-refractivity contribution in [2.75, 3.05) is 19.6 Å². The number of para-hydroxylation sites is 1. The Labute approximate surface area is 200 Å². The number of halogens is 1. The molecule has 0 aliphatic carbocycles. The highest BCUT2D eigenvalue weighted by Gasteiger charge is 2.25. The minimum Gasteiger partial charge on any atom is -0.489 e. The van der Waals surface area contributed by atoms with Crippen LogP contribution in [0, 0.1) is 0 Å². The molecule has 1 saturated heterocycles. The quantitative estimate of drug-likeness (QED) is 0.460. The van der Waals surface area contributed by atoms with Crippen LogP contribution in [-0.2, 0) is 4.79 Å². The van der Waals surface area contributed by atoms with Crippen molar-refractivity contribution in [2.45, 2.75) is 18.9 Å². The Bertz CT molecular complexity index is 1310. The number of rotatable bonds is 6. The van der Waals surface area contributed by atoms with Crippen LogP contribution in [-0.4, -0.2) is 61.6 Å². The van der Waals surface area contributed by atoms with Crippen LogP contribution < -0.4 is 10.1 Å². The van der Waals surface area contributed by atoms with Gasteiger partial charge < -0.3 is 19.4 Å². The SMILES string of the molecule is O=C(NCC(=O)N1CCC(Oc2ccccc2Cl)CC1)c1cn2cc(-n3cccn3)ccc2n1. The van der Waals surface area contributed by atoms with Gasteiger partial charge in [0.1, 0.15) is 23.2 Å². The number of piperidine rings is 1. The van der Waals surface area contributed by atoms with Crippen LogP contribution in [0.4, 0.5) is 0 Å². The lowest BCUT2D eigenvalue weighted by Crippen LogP contribution is -2.46. The van der Waals surface area contributed by atoms with Gasteiger partial charge in [-0.3, -0.25) is 9.59 Å². The maximum atomic E-state index is 12.6. The average Bonchev–Trinajstić information content (AvgIpc) is 3.54. The number of imidazole rings is 1. The highest BCUT2D eigenvalue weighted by molar-refractivity contribution is 6.32. The lowest BCUT2D eigenvalue weighted by molar-refractivity contribution is -0.131. The zero-order chi connectivity index (χ0) is 23.5. The number of hydrogen-bond acceptors (Lipinski definition) is 5. The number of benzene rings is 1. The minimum absolute atomic E-state index is 0.00291. The molecule has 0 unspecified atom stereocenters. The fourth-order valence-electron chi connectivity index (χ4n) is 3.95. The summed E-state index contributed by atoms with van der Waals surface area (Å²) in [4.78, 5) is 31.3. The Morgan fingerprint density at radius 2 is 1.91 bits per heavy atom. The fraction of sp³-hybridized carbons (Fsp3) is 0.250. The van der Waals surface area contributed by atoms with Crippen molar-refractivity contribution >= 4 is 29.1 Å². The first-order valence-corrected chi connectivity index (χ1v) is 11.4. The molecule has 3 aromatic heterocycles. The first-order valence-electron chi connectivity index (χ1n) is 11.0. The van der Waals surface area contributed by atoms with Gasteiger partial charge in [-0.05, 0) is 30.3 Å². The summed E-state index contributed by atoms with van der Waals surface area (Å²) in [6, 6.07) is 12.9. The molecular formula is C24H23ClN6O3. The maximum absolute atomic E-state index is 12.6. The van der Waals surface area contributed by atoms with Crippen LogP contribution in [0.15, 0.2) is 67.3 Å². The number of amides is 2. The Balaban J connectivity index is 1.13. The smallest absolute Gasteiger partial charge is 0.271 e. The van der Waals surface area contributed by atoms with Gasteiger partial charge in [0.05, 0.1) is 17.3 Å². The highest BCUT2D eigenvalue weighted by atomic mass is 35.5. The van der Waals surface area contributed by atoms with E-state index < -0.39 is 5.91 Å². The topological polar surface area (TPSA) is 93.8 Å². The summed E-state index contributed by atoms with van der Waals surface area (Å²) >= 11 is 6.16. The van der Waals surface area contributed by atoms with Crippen LogP contribution in [0.2, 0.25) is 5.02 Å². The zero-order valence-corrected chi connectivity index (χ0v) is 19.1. The second-order valence-electron chi connectivity index (χ2n) is 8.04. The number of likely N-dealkylation sites (tertiary alicyclic amines) is 1. The molecule has 5 rings (SSSR count). The molecule has 4 aromatic rings. The summed E-state index contributed by atoms with van der Waals surface area (Å²) in [6.07, 6.45) is 8.42. The number of carbonyl (C=O) groups excluding carboxylic acids is 2. The van der Waals surface area contributed by atoms with Crippen LogP contribution in [0.5, 0.6) is 5.75 Å². The van der Waals surface area contributed by atoms with Crippen LogP contribution in [0.1, 0.15) is 23.3 Å². The van der Waals surface area contributed by atoms with Gasteiger partial charge in [-0.2, -0.15) is 5.10 Å². The van der Waals surface area contributed by atoms with E-state index in [-0.39, 0.29) is 24.2 Å². The molecule has 10 heteroatoms. The lowest BCUT2D eigenvalue weighted by Gasteiger charge is -2.32. The summed E-state index contributed by atoms with van der Waals surface area (Å²) in [5.74, 6) is 0.134. The van der Waals surface area contributed by atoms with E-state index >= 15 is 0 Å². The number of nitrogens with one attached hydrogen (secondary N) is 1. The largest absolute Gasteiger partial charge is 0.489 e. The summed E-state index contributed by atoms with van der Waals surface area (Å²) in [7, 11) is 0. The molecule has 1 aliphatic rings. The standard InChI is InChI=1S/C24H23ClN6O3/c25-19-4-1-2-5-21(19)34-18-8-12-29(13-9-18)23(32)14-26-24(33)20-16-30-15-17(6-7-22(30)28-20)31-11-3-10-27-31/h1-7,10-11,15-16,18H,8-9,12-14H2,(H,26,33). The van der Waals surface area contributed by atoms with E-state index in [0.29, 0.717) is 42.4 Å². The predicted octanol–water partition coefficient (Wildman–Crippen LogP) is 2.97. The summed E-state index contributed by atoms with van der Waals surface area (Å²) in [6.45, 7) is 1.05. The number of pyridine rings is 1. The van der Waals surface area contributed by atoms with Gasteiger partial charge in [0.25, 0.3) is 5.91 Å². The Hall–Kier alpha value is -3.85. The Morgan fingerprint density at radius 1 is 1.09 bits per heavy atom. The summed E-state index contributed by atoms with van der Waals surface area (Å²) in [5.41, 5.74) is 1.73. The highest BCUT2D eigenvalue weighted by Crippen LogP contribution is 2.26. The fourth-order valence-corrected chi connectivity index (χ4v) is 4.13. The molecule has 1 aliphatic heterocycles. The number of ether oxygens (including phenoxy) is 1. The third-order valence-corrected chi connectivity index (χ3v) is 6.07. The van der Waals surface area contributed by atoms with Crippen molar-refractivity contribution in [1.29, 1.82) is 0 Å². The number of aromatic nitrogens is 4. The Morgan fingerprint density at radius 3 is 2.68 bits per heavy atom. The molecule has 0 spiro atoms. The molecule has 2 amide bonds. The molecular weight excluding hydrogens is 456 g/mol. The number of hydrogen-bond donors (Lipinski definition) is 1. The minimum atomic E-state index is -0.394. The molecule has 1 N–H and O–H groups in total. The third-order valence-electron chi connectivity index (χ3n) is 5.76. The number of fused-ring (bicyclic) bond motifs is 1. The number of nitrogens with zero attached hydrogens (tertiary/aromatic N) is 5. The normalized spacial score (nSPS) is 14.3. The van der Waals surface area contributed by atoms with E-state index in [1.54, 1.807) is 32.4 Å². The van der Waals surface area contributed by atoms with Gasteiger partial charge in [-0.25, -0.2) is 9.67 Å². The second kappa shape index (κ2) is 9.56. The lowest BCUT2D eigenvalue weighted by atomic mass is 10.1.